The first-order valence-corrected chi connectivity index (χ1v) is 17.2. The van der Waals surface area contributed by atoms with E-state index in [1.165, 1.54) is 4.57 Å². The fourth-order valence-corrected chi connectivity index (χ4v) is 5.68. The van der Waals surface area contributed by atoms with Crippen LogP contribution in [0, 0.1) is 5.41 Å². The molecule has 0 saturated carbocycles. The molecule has 6 rings (SSSR count). The summed E-state index contributed by atoms with van der Waals surface area (Å²) in [6.07, 6.45) is 2.55. The summed E-state index contributed by atoms with van der Waals surface area (Å²) >= 11 is 6.16. The van der Waals surface area contributed by atoms with Crippen molar-refractivity contribution >= 4 is 43.9 Å². The van der Waals surface area contributed by atoms with Crippen LogP contribution in [-0.2, 0) is 16.4 Å². The van der Waals surface area contributed by atoms with Crippen LogP contribution < -0.4 is 20.9 Å². The van der Waals surface area contributed by atoms with Gasteiger partial charge in [-0.25, -0.2) is 23.4 Å². The van der Waals surface area contributed by atoms with E-state index in [4.69, 9.17) is 26.7 Å². The number of nitrogens with one attached hydrogen (secondary N) is 3. The lowest BCUT2D eigenvalue weighted by Crippen LogP contribution is -2.32. The highest BCUT2D eigenvalue weighted by molar-refractivity contribution is 8.06. The number of anilines is 3. The van der Waals surface area contributed by atoms with Crippen molar-refractivity contribution in [2.24, 2.45) is 0 Å². The Labute approximate surface area is 287 Å². The SMILES string of the molecule is COc1ccc(CNc2nccc(-c3ccc(-c4nc(Nc5ccccc5)c(C(=N)S(C)(=O)=O)c(=O)n4-c4ccc(Cl)cc4)cc3)n2)cc1. The first-order chi connectivity index (χ1) is 23.6. The highest BCUT2D eigenvalue weighted by Gasteiger charge is 2.27. The Morgan fingerprint density at radius 2 is 1.55 bits per heavy atom. The molecule has 4 aromatic carbocycles. The average Bonchev–Trinajstić information content (AvgIpc) is 3.11. The van der Waals surface area contributed by atoms with Crippen LogP contribution in [0.3, 0.4) is 0 Å². The predicted molar refractivity (Wildman–Crippen MR) is 193 cm³/mol. The third kappa shape index (κ3) is 7.51. The van der Waals surface area contributed by atoms with Crippen molar-refractivity contribution in [2.75, 3.05) is 24.0 Å². The van der Waals surface area contributed by atoms with Gasteiger partial charge in [0.15, 0.2) is 14.9 Å². The minimum Gasteiger partial charge on any atom is -0.497 e. The van der Waals surface area contributed by atoms with E-state index in [0.717, 1.165) is 23.1 Å². The molecule has 0 aliphatic rings. The first kappa shape index (κ1) is 33.1. The number of para-hydroxylation sites is 1. The quantitative estimate of drug-likeness (QED) is 0.105. The molecule has 11 nitrogen and oxygen atoms in total. The van der Waals surface area contributed by atoms with E-state index < -0.39 is 26.0 Å². The third-order valence-electron chi connectivity index (χ3n) is 7.51. The second-order valence-electron chi connectivity index (χ2n) is 10.9. The van der Waals surface area contributed by atoms with Crippen LogP contribution in [0.4, 0.5) is 17.5 Å². The minimum absolute atomic E-state index is 0.0701. The molecule has 0 aliphatic carbocycles. The zero-order chi connectivity index (χ0) is 34.5. The summed E-state index contributed by atoms with van der Waals surface area (Å²) in [5.41, 5.74) is 2.86. The van der Waals surface area contributed by atoms with Gasteiger partial charge in [0, 0.05) is 40.8 Å². The lowest BCUT2D eigenvalue weighted by atomic mass is 10.1. The van der Waals surface area contributed by atoms with Crippen LogP contribution in [0.5, 0.6) is 5.75 Å². The number of benzene rings is 4. The Morgan fingerprint density at radius 1 is 0.878 bits per heavy atom. The van der Waals surface area contributed by atoms with Crippen molar-refractivity contribution in [3.05, 3.63) is 142 Å². The maximum Gasteiger partial charge on any atom is 0.270 e. The van der Waals surface area contributed by atoms with Crippen LogP contribution in [0.1, 0.15) is 11.1 Å². The second-order valence-corrected chi connectivity index (χ2v) is 13.3. The fraction of sp³-hybridized carbons (Fsp3) is 0.0833. The summed E-state index contributed by atoms with van der Waals surface area (Å²) in [4.78, 5) is 28.1. The van der Waals surface area contributed by atoms with Crippen molar-refractivity contribution < 1.29 is 13.2 Å². The molecule has 0 fully saturated rings. The standard InChI is InChI=1S/C36H30ClN7O4S/c1-48-29-18-8-23(9-19-29)22-40-36-39-21-20-30(42-36)24-10-12-25(13-11-24)34-43-33(41-27-6-4-3-5-7-27)31(32(38)49(2,46)47)35(45)44(34)28-16-14-26(37)15-17-28/h3-21,38,41H,22H2,1-2H3,(H,39,40,42). The highest BCUT2D eigenvalue weighted by atomic mass is 35.5. The Bertz CT molecular complexity index is 2300. The van der Waals surface area contributed by atoms with Crippen LogP contribution >= 0.6 is 11.6 Å². The molecular weight excluding hydrogens is 662 g/mol. The lowest BCUT2D eigenvalue weighted by Gasteiger charge is -2.18. The molecule has 0 atom stereocenters. The molecule has 0 aliphatic heterocycles. The van der Waals surface area contributed by atoms with Crippen molar-refractivity contribution in [1.29, 1.82) is 5.41 Å². The number of halogens is 1. The molecule has 0 saturated heterocycles. The normalized spacial score (nSPS) is 11.2. The average molecular weight is 692 g/mol. The zero-order valence-electron chi connectivity index (χ0n) is 26.4. The van der Waals surface area contributed by atoms with E-state index in [0.29, 0.717) is 40.1 Å². The number of ether oxygens (including phenoxy) is 1. The van der Waals surface area contributed by atoms with Gasteiger partial charge in [-0.15, -0.1) is 0 Å². The van der Waals surface area contributed by atoms with Crippen molar-refractivity contribution in [2.45, 2.75) is 6.54 Å². The Morgan fingerprint density at radius 3 is 2.20 bits per heavy atom. The predicted octanol–water partition coefficient (Wildman–Crippen LogP) is 6.74. The molecule has 49 heavy (non-hydrogen) atoms. The Hall–Kier alpha value is -5.85. The van der Waals surface area contributed by atoms with Gasteiger partial charge in [0.2, 0.25) is 5.95 Å². The largest absolute Gasteiger partial charge is 0.497 e. The molecule has 0 spiro atoms. The summed E-state index contributed by atoms with van der Waals surface area (Å²) in [5, 5.41) is 14.4. The van der Waals surface area contributed by atoms with Gasteiger partial charge in [0.25, 0.3) is 5.56 Å². The van der Waals surface area contributed by atoms with Crippen molar-refractivity contribution in [1.82, 2.24) is 19.5 Å². The van der Waals surface area contributed by atoms with E-state index >= 15 is 0 Å². The van der Waals surface area contributed by atoms with E-state index in [9.17, 15) is 13.2 Å². The number of aromatic nitrogens is 4. The minimum atomic E-state index is -4.09. The molecule has 3 N–H and O–H groups in total. The van der Waals surface area contributed by atoms with Gasteiger partial charge >= 0.3 is 0 Å². The molecule has 13 heteroatoms. The summed E-state index contributed by atoms with van der Waals surface area (Å²) in [7, 11) is -2.47. The summed E-state index contributed by atoms with van der Waals surface area (Å²) < 4.78 is 31.7. The topological polar surface area (TPSA) is 152 Å². The smallest absolute Gasteiger partial charge is 0.270 e. The number of rotatable bonds is 10. The van der Waals surface area contributed by atoms with Crippen LogP contribution in [-0.4, -0.2) is 46.3 Å². The molecule has 0 bridgehead atoms. The Balaban J connectivity index is 1.41. The molecule has 0 unspecified atom stereocenters. The van der Waals surface area contributed by atoms with Crippen LogP contribution in [0.25, 0.3) is 28.3 Å². The highest BCUT2D eigenvalue weighted by Crippen LogP contribution is 2.28. The molecule has 2 aromatic heterocycles. The van der Waals surface area contributed by atoms with Crippen molar-refractivity contribution in [3.8, 4) is 34.1 Å². The summed E-state index contributed by atoms with van der Waals surface area (Å²) in [6.45, 7) is 0.520. The van der Waals surface area contributed by atoms with Gasteiger partial charge in [-0.3, -0.25) is 14.8 Å². The Kier molecular flexibility index (Phi) is 9.51. The van der Waals surface area contributed by atoms with Gasteiger partial charge in [-0.1, -0.05) is 66.2 Å². The first-order valence-electron chi connectivity index (χ1n) is 15.0. The van der Waals surface area contributed by atoms with Crippen LogP contribution in [0.15, 0.2) is 120 Å². The molecule has 246 valence electrons. The number of hydrogen-bond acceptors (Lipinski definition) is 10. The monoisotopic (exact) mass is 691 g/mol. The van der Waals surface area contributed by atoms with Crippen molar-refractivity contribution in [3.63, 3.8) is 0 Å². The second kappa shape index (κ2) is 14.1. The van der Waals surface area contributed by atoms with Gasteiger partial charge in [0.1, 0.15) is 23.0 Å². The molecule has 0 radical (unpaired) electrons. The number of methoxy groups -OCH3 is 1. The van der Waals surface area contributed by atoms with E-state index in [1.54, 1.807) is 80.0 Å². The maximum absolute atomic E-state index is 14.3. The summed E-state index contributed by atoms with van der Waals surface area (Å²) in [5.74, 6) is 1.38. The fourth-order valence-electron chi connectivity index (χ4n) is 5.00. The number of sulfone groups is 1. The zero-order valence-corrected chi connectivity index (χ0v) is 28.0. The third-order valence-corrected chi connectivity index (χ3v) is 8.70. The summed E-state index contributed by atoms with van der Waals surface area (Å²) in [6, 6.07) is 32.1. The van der Waals surface area contributed by atoms with E-state index in [-0.39, 0.29) is 11.6 Å². The van der Waals surface area contributed by atoms with Crippen LogP contribution in [0.2, 0.25) is 5.02 Å². The molecule has 2 heterocycles. The lowest BCUT2D eigenvalue weighted by molar-refractivity contribution is 0.414. The molecule has 0 amide bonds. The molecular formula is C36H30ClN7O4S. The number of hydrogen-bond donors (Lipinski definition) is 3. The maximum atomic E-state index is 14.3. The van der Waals surface area contributed by atoms with E-state index in [1.807, 2.05) is 42.5 Å². The van der Waals surface area contributed by atoms with Gasteiger partial charge in [0.05, 0.1) is 18.5 Å². The van der Waals surface area contributed by atoms with Gasteiger partial charge < -0.3 is 15.4 Å². The van der Waals surface area contributed by atoms with Gasteiger partial charge in [-0.05, 0) is 60.2 Å². The van der Waals surface area contributed by atoms with E-state index in [2.05, 4.69) is 20.6 Å². The van der Waals surface area contributed by atoms with Gasteiger partial charge in [-0.2, -0.15) is 0 Å². The number of nitrogens with zero attached hydrogens (tertiary/aromatic N) is 4. The molecule has 6 aromatic rings.